The van der Waals surface area contributed by atoms with Crippen molar-refractivity contribution in [1.29, 1.82) is 0 Å². The van der Waals surface area contributed by atoms with Crippen molar-refractivity contribution >= 4 is 52.0 Å². The number of halogens is 1. The van der Waals surface area contributed by atoms with Crippen LogP contribution in [-0.4, -0.2) is 35.0 Å². The van der Waals surface area contributed by atoms with E-state index in [-0.39, 0.29) is 16.4 Å². The van der Waals surface area contributed by atoms with Crippen molar-refractivity contribution in [3.8, 4) is 0 Å². The van der Waals surface area contributed by atoms with Crippen LogP contribution in [0.1, 0.15) is 31.3 Å². The van der Waals surface area contributed by atoms with Crippen LogP contribution in [0, 0.1) is 0 Å². The predicted molar refractivity (Wildman–Crippen MR) is 124 cm³/mol. The molecule has 0 aliphatic rings. The van der Waals surface area contributed by atoms with Gasteiger partial charge in [-0.15, -0.1) is 0 Å². The first-order valence-corrected chi connectivity index (χ1v) is 10.4. The van der Waals surface area contributed by atoms with Crippen LogP contribution in [0.4, 0.5) is 17.1 Å². The summed E-state index contributed by atoms with van der Waals surface area (Å²) >= 11 is 6.16. The molecule has 2 amide bonds. The molecule has 9 heteroatoms. The Hall–Kier alpha value is -3.39. The Labute approximate surface area is 184 Å². The minimum Gasteiger partial charge on any atom is -0.372 e. The van der Waals surface area contributed by atoms with E-state index in [4.69, 9.17) is 11.6 Å². The van der Waals surface area contributed by atoms with Crippen LogP contribution in [0.15, 0.2) is 41.2 Å². The Bertz CT molecular complexity index is 1190. The molecule has 8 nitrogen and oxygen atoms in total. The van der Waals surface area contributed by atoms with Gasteiger partial charge in [0.2, 0.25) is 6.41 Å². The predicted octanol–water partition coefficient (Wildman–Crippen LogP) is 3.74. The van der Waals surface area contributed by atoms with Gasteiger partial charge in [0, 0.05) is 31.0 Å². The van der Waals surface area contributed by atoms with Crippen LogP contribution in [0.25, 0.3) is 11.0 Å². The summed E-state index contributed by atoms with van der Waals surface area (Å²) in [6.07, 6.45) is 0.520. The molecule has 0 fully saturated rings. The first kappa shape index (κ1) is 22.3. The highest BCUT2D eigenvalue weighted by Crippen LogP contribution is 2.26. The van der Waals surface area contributed by atoms with E-state index in [0.29, 0.717) is 29.7 Å². The summed E-state index contributed by atoms with van der Waals surface area (Å²) in [7, 11) is 0. The normalized spacial score (nSPS) is 10.7. The van der Waals surface area contributed by atoms with Gasteiger partial charge < -0.3 is 20.1 Å². The summed E-state index contributed by atoms with van der Waals surface area (Å²) < 4.78 is 1.54. The molecule has 0 atom stereocenters. The molecule has 0 radical (unpaired) electrons. The summed E-state index contributed by atoms with van der Waals surface area (Å²) in [5.41, 5.74) is 2.21. The van der Waals surface area contributed by atoms with Crippen molar-refractivity contribution < 1.29 is 9.59 Å². The molecule has 0 spiro atoms. The number of nitrogens with one attached hydrogen (secondary N) is 2. The molecule has 0 saturated heterocycles. The SMILES string of the molecule is CCN(CC)c1ccc2nc(C(=O)Nc3cc(NC=O)ccc3Cl)c(=O)n(CC)c2c1. The van der Waals surface area contributed by atoms with Gasteiger partial charge in [0.1, 0.15) is 0 Å². The summed E-state index contributed by atoms with van der Waals surface area (Å²) in [6, 6.07) is 10.3. The lowest BCUT2D eigenvalue weighted by Crippen LogP contribution is -2.31. The van der Waals surface area contributed by atoms with E-state index in [1.807, 2.05) is 25.1 Å². The highest BCUT2D eigenvalue weighted by molar-refractivity contribution is 6.34. The quantitative estimate of drug-likeness (QED) is 0.519. The topological polar surface area (TPSA) is 96.3 Å². The minimum absolute atomic E-state index is 0.227. The molecule has 1 heterocycles. The number of fused-ring (bicyclic) bond motifs is 1. The zero-order chi connectivity index (χ0) is 22.5. The standard InChI is InChI=1S/C22H24ClN5O3/c1-4-27(5-2)15-8-10-17-19(12-15)28(6-3)22(31)20(25-17)21(30)26-18-11-14(24-13-29)7-9-16(18)23/h7-13H,4-6H2,1-3H3,(H,24,29)(H,26,30). The van der Waals surface area contributed by atoms with Crippen molar-refractivity contribution in [2.75, 3.05) is 28.6 Å². The van der Waals surface area contributed by atoms with E-state index in [1.165, 1.54) is 16.7 Å². The zero-order valence-corrected chi connectivity index (χ0v) is 18.4. The Morgan fingerprint density at radius 1 is 1.16 bits per heavy atom. The number of anilines is 3. The number of nitrogens with zero attached hydrogens (tertiary/aromatic N) is 3. The lowest BCUT2D eigenvalue weighted by atomic mass is 10.2. The van der Waals surface area contributed by atoms with Gasteiger partial charge in [-0.25, -0.2) is 4.98 Å². The molecule has 0 aliphatic heterocycles. The van der Waals surface area contributed by atoms with E-state index >= 15 is 0 Å². The van der Waals surface area contributed by atoms with Gasteiger partial charge >= 0.3 is 0 Å². The van der Waals surface area contributed by atoms with Gasteiger partial charge in [-0.1, -0.05) is 11.6 Å². The molecule has 3 aromatic rings. The fourth-order valence-corrected chi connectivity index (χ4v) is 3.60. The van der Waals surface area contributed by atoms with Gasteiger partial charge in [0.15, 0.2) is 5.69 Å². The number of benzene rings is 2. The second-order valence-electron chi connectivity index (χ2n) is 6.77. The number of hydrogen-bond acceptors (Lipinski definition) is 5. The highest BCUT2D eigenvalue weighted by Gasteiger charge is 2.19. The Balaban J connectivity index is 2.05. The van der Waals surface area contributed by atoms with Gasteiger partial charge in [-0.05, 0) is 57.2 Å². The van der Waals surface area contributed by atoms with E-state index in [0.717, 1.165) is 18.8 Å². The number of hydrogen-bond donors (Lipinski definition) is 2. The van der Waals surface area contributed by atoms with Crippen LogP contribution < -0.4 is 21.1 Å². The molecule has 162 valence electrons. The highest BCUT2D eigenvalue weighted by atomic mass is 35.5. The Morgan fingerprint density at radius 3 is 2.55 bits per heavy atom. The lowest BCUT2D eigenvalue weighted by molar-refractivity contribution is -0.105. The number of amides is 2. The molecule has 31 heavy (non-hydrogen) atoms. The maximum absolute atomic E-state index is 13.1. The number of aryl methyl sites for hydroxylation is 1. The molecule has 0 aliphatic carbocycles. The average molecular weight is 442 g/mol. The summed E-state index contributed by atoms with van der Waals surface area (Å²) in [5, 5.41) is 5.38. The smallest absolute Gasteiger partial charge is 0.282 e. The second kappa shape index (κ2) is 9.61. The summed E-state index contributed by atoms with van der Waals surface area (Å²) in [6.45, 7) is 8.04. The van der Waals surface area contributed by atoms with E-state index in [1.54, 1.807) is 6.07 Å². The monoisotopic (exact) mass is 441 g/mol. The van der Waals surface area contributed by atoms with Crippen molar-refractivity contribution in [2.24, 2.45) is 0 Å². The molecular formula is C22H24ClN5O3. The van der Waals surface area contributed by atoms with Crippen molar-refractivity contribution in [3.05, 3.63) is 57.5 Å². The zero-order valence-electron chi connectivity index (χ0n) is 17.6. The van der Waals surface area contributed by atoms with E-state index in [2.05, 4.69) is 34.4 Å². The van der Waals surface area contributed by atoms with Crippen LogP contribution in [-0.2, 0) is 11.3 Å². The average Bonchev–Trinajstić information content (AvgIpc) is 2.76. The molecule has 0 unspecified atom stereocenters. The van der Waals surface area contributed by atoms with Crippen LogP contribution in [0.3, 0.4) is 0 Å². The molecule has 3 rings (SSSR count). The third kappa shape index (κ3) is 4.54. The second-order valence-corrected chi connectivity index (χ2v) is 7.17. The van der Waals surface area contributed by atoms with Crippen molar-refractivity contribution in [1.82, 2.24) is 9.55 Å². The maximum Gasteiger partial charge on any atom is 0.282 e. The molecule has 0 saturated carbocycles. The van der Waals surface area contributed by atoms with Crippen molar-refractivity contribution in [3.63, 3.8) is 0 Å². The van der Waals surface area contributed by atoms with Gasteiger partial charge in [-0.3, -0.25) is 14.4 Å². The molecular weight excluding hydrogens is 418 g/mol. The van der Waals surface area contributed by atoms with Crippen LogP contribution in [0.2, 0.25) is 5.02 Å². The third-order valence-electron chi connectivity index (χ3n) is 5.03. The van der Waals surface area contributed by atoms with Crippen molar-refractivity contribution in [2.45, 2.75) is 27.3 Å². The summed E-state index contributed by atoms with van der Waals surface area (Å²) in [5.74, 6) is -0.674. The molecule has 1 aromatic heterocycles. The first-order chi connectivity index (χ1) is 14.9. The number of rotatable bonds is 8. The molecule has 2 aromatic carbocycles. The van der Waals surface area contributed by atoms with Gasteiger partial charge in [0.25, 0.3) is 11.5 Å². The number of carbonyl (C=O) groups excluding carboxylic acids is 2. The summed E-state index contributed by atoms with van der Waals surface area (Å²) in [4.78, 5) is 43.1. The Morgan fingerprint density at radius 2 is 1.90 bits per heavy atom. The minimum atomic E-state index is -0.674. The van der Waals surface area contributed by atoms with Crippen LogP contribution >= 0.6 is 11.6 Å². The number of carbonyl (C=O) groups is 2. The van der Waals surface area contributed by atoms with E-state index in [9.17, 15) is 14.4 Å². The fraction of sp³-hybridized carbons (Fsp3) is 0.273. The van der Waals surface area contributed by atoms with Gasteiger partial charge in [-0.2, -0.15) is 0 Å². The Kier molecular flexibility index (Phi) is 6.91. The van der Waals surface area contributed by atoms with Gasteiger partial charge in [0.05, 0.1) is 21.7 Å². The maximum atomic E-state index is 13.1. The lowest BCUT2D eigenvalue weighted by Gasteiger charge is -2.22. The first-order valence-electron chi connectivity index (χ1n) is 10.0. The molecule has 2 N–H and O–H groups in total. The number of aromatic nitrogens is 2. The van der Waals surface area contributed by atoms with E-state index < -0.39 is 11.5 Å². The fourth-order valence-electron chi connectivity index (χ4n) is 3.44. The largest absolute Gasteiger partial charge is 0.372 e. The van der Waals surface area contributed by atoms with Crippen LogP contribution in [0.5, 0.6) is 0 Å². The molecule has 0 bridgehead atoms. The third-order valence-corrected chi connectivity index (χ3v) is 5.36.